The summed E-state index contributed by atoms with van der Waals surface area (Å²) < 4.78 is 0. The van der Waals surface area contributed by atoms with Crippen LogP contribution in [0.25, 0.3) is 5.57 Å². The van der Waals surface area contributed by atoms with E-state index in [1.54, 1.807) is 11.9 Å². The largest absolute Gasteiger partial charge is 0.395 e. The summed E-state index contributed by atoms with van der Waals surface area (Å²) in [7, 11) is 1.75. The van der Waals surface area contributed by atoms with Crippen LogP contribution in [0.15, 0.2) is 30.0 Å². The third-order valence-corrected chi connectivity index (χ3v) is 5.54. The molecule has 0 spiro atoms. The number of benzene rings is 1. The Morgan fingerprint density at radius 1 is 0.897 bits per heavy atom. The lowest BCUT2D eigenvalue weighted by atomic mass is 10.0. The van der Waals surface area contributed by atoms with Crippen LogP contribution in [0.1, 0.15) is 69.4 Å². The SMILES string of the molecule is CCCCCCCCCCN1C(=O)C(c2ccc(C)cc2)=C(N(C)CCO)C1=O. The van der Waals surface area contributed by atoms with Crippen LogP contribution in [0, 0.1) is 6.92 Å². The first kappa shape index (κ1) is 23.1. The molecule has 2 rings (SSSR count). The molecule has 0 unspecified atom stereocenters. The predicted molar refractivity (Wildman–Crippen MR) is 117 cm³/mol. The van der Waals surface area contributed by atoms with Gasteiger partial charge in [-0.15, -0.1) is 0 Å². The third-order valence-electron chi connectivity index (χ3n) is 5.54. The zero-order chi connectivity index (χ0) is 21.2. The standard InChI is InChI=1S/C24H36N2O3/c1-4-5-6-7-8-9-10-11-16-26-23(28)21(20-14-12-19(2)13-15-20)22(24(26)29)25(3)17-18-27/h12-15,27H,4-11,16-18H2,1-3H3. The van der Waals surface area contributed by atoms with E-state index in [1.807, 2.05) is 31.2 Å². The van der Waals surface area contributed by atoms with E-state index in [1.165, 1.54) is 37.0 Å². The van der Waals surface area contributed by atoms with Crippen molar-refractivity contribution in [2.75, 3.05) is 26.7 Å². The molecule has 5 heteroatoms. The Morgan fingerprint density at radius 2 is 1.48 bits per heavy atom. The fourth-order valence-electron chi connectivity index (χ4n) is 3.77. The average Bonchev–Trinajstić information content (AvgIpc) is 2.95. The maximum Gasteiger partial charge on any atom is 0.277 e. The molecule has 1 N–H and O–H groups in total. The Kier molecular flexibility index (Phi) is 9.39. The Balaban J connectivity index is 2.03. The molecule has 1 aromatic carbocycles. The van der Waals surface area contributed by atoms with E-state index in [2.05, 4.69) is 6.92 Å². The summed E-state index contributed by atoms with van der Waals surface area (Å²) in [6.45, 7) is 4.91. The molecule has 0 atom stereocenters. The highest BCUT2D eigenvalue weighted by Gasteiger charge is 2.40. The molecule has 1 aromatic rings. The molecule has 0 aliphatic carbocycles. The normalized spacial score (nSPS) is 14.3. The van der Waals surface area contributed by atoms with E-state index in [4.69, 9.17) is 0 Å². The van der Waals surface area contributed by atoms with Crippen LogP contribution >= 0.6 is 0 Å². The zero-order valence-electron chi connectivity index (χ0n) is 18.2. The van der Waals surface area contributed by atoms with Gasteiger partial charge in [0.2, 0.25) is 0 Å². The fraction of sp³-hybridized carbons (Fsp3) is 0.583. The molecule has 1 aliphatic heterocycles. The van der Waals surface area contributed by atoms with E-state index >= 15 is 0 Å². The lowest BCUT2D eigenvalue weighted by Gasteiger charge is -2.20. The van der Waals surface area contributed by atoms with E-state index in [0.717, 1.165) is 30.4 Å². The Labute approximate surface area is 175 Å². The summed E-state index contributed by atoms with van der Waals surface area (Å²) in [5.74, 6) is -0.467. The van der Waals surface area contributed by atoms with Crippen molar-refractivity contribution in [1.82, 2.24) is 9.80 Å². The lowest BCUT2D eigenvalue weighted by molar-refractivity contribution is -0.137. The minimum atomic E-state index is -0.246. The summed E-state index contributed by atoms with van der Waals surface area (Å²) >= 11 is 0. The van der Waals surface area contributed by atoms with E-state index in [-0.39, 0.29) is 18.4 Å². The van der Waals surface area contributed by atoms with Gasteiger partial charge in [0.15, 0.2) is 0 Å². The van der Waals surface area contributed by atoms with Crippen molar-refractivity contribution >= 4 is 17.4 Å². The molecule has 160 valence electrons. The van der Waals surface area contributed by atoms with E-state index in [9.17, 15) is 14.7 Å². The Bertz CT molecular complexity index is 709. The summed E-state index contributed by atoms with van der Waals surface area (Å²) in [6, 6.07) is 7.68. The van der Waals surface area contributed by atoms with Crippen molar-refractivity contribution in [1.29, 1.82) is 0 Å². The maximum atomic E-state index is 13.1. The van der Waals surface area contributed by atoms with Crippen molar-refractivity contribution in [2.45, 2.75) is 65.2 Å². The van der Waals surface area contributed by atoms with Gasteiger partial charge >= 0.3 is 0 Å². The molecule has 0 radical (unpaired) electrons. The van der Waals surface area contributed by atoms with E-state index < -0.39 is 0 Å². The topological polar surface area (TPSA) is 60.9 Å². The smallest absolute Gasteiger partial charge is 0.277 e. The summed E-state index contributed by atoms with van der Waals surface area (Å²) in [6.07, 6.45) is 9.36. The van der Waals surface area contributed by atoms with Gasteiger partial charge in [-0.2, -0.15) is 0 Å². The van der Waals surface area contributed by atoms with Gasteiger partial charge in [0, 0.05) is 20.1 Å². The summed E-state index contributed by atoms with van der Waals surface area (Å²) in [5.41, 5.74) is 2.71. The minimum Gasteiger partial charge on any atom is -0.395 e. The number of aliphatic hydroxyl groups is 1. The highest BCUT2D eigenvalue weighted by atomic mass is 16.3. The number of amides is 2. The minimum absolute atomic E-state index is 0.0688. The van der Waals surface area contributed by atoms with Gasteiger partial charge in [0.05, 0.1) is 12.2 Å². The van der Waals surface area contributed by atoms with Gasteiger partial charge in [-0.05, 0) is 18.9 Å². The molecule has 0 fully saturated rings. The van der Waals surface area contributed by atoms with Crippen molar-refractivity contribution in [3.05, 3.63) is 41.1 Å². The van der Waals surface area contributed by atoms with E-state index in [0.29, 0.717) is 24.4 Å². The number of likely N-dealkylation sites (N-methyl/N-ethyl adjacent to an activating group) is 1. The third kappa shape index (κ3) is 6.17. The molecular weight excluding hydrogens is 364 g/mol. The first-order chi connectivity index (χ1) is 14.0. The molecular formula is C24H36N2O3. The van der Waals surface area contributed by atoms with Crippen LogP contribution in [0.3, 0.4) is 0 Å². The first-order valence-electron chi connectivity index (χ1n) is 11.0. The predicted octanol–water partition coefficient (Wildman–Crippen LogP) is 4.14. The van der Waals surface area contributed by atoms with Gasteiger partial charge in [0.25, 0.3) is 11.8 Å². The molecule has 0 saturated carbocycles. The number of aryl methyl sites for hydroxylation is 1. The first-order valence-corrected chi connectivity index (χ1v) is 11.0. The molecule has 0 saturated heterocycles. The van der Waals surface area contributed by atoms with Crippen LogP contribution in [-0.4, -0.2) is 53.5 Å². The highest BCUT2D eigenvalue weighted by Crippen LogP contribution is 2.31. The van der Waals surface area contributed by atoms with Gasteiger partial charge in [0.1, 0.15) is 5.70 Å². The lowest BCUT2D eigenvalue weighted by Crippen LogP contribution is -2.35. The van der Waals surface area contributed by atoms with Crippen LogP contribution in [0.2, 0.25) is 0 Å². The molecule has 0 bridgehead atoms. The quantitative estimate of drug-likeness (QED) is 0.399. The number of hydrogen-bond acceptors (Lipinski definition) is 4. The average molecular weight is 401 g/mol. The second-order valence-corrected chi connectivity index (χ2v) is 7.97. The Hall–Kier alpha value is -2.14. The van der Waals surface area contributed by atoms with Crippen LogP contribution < -0.4 is 0 Å². The van der Waals surface area contributed by atoms with Crippen LogP contribution in [0.4, 0.5) is 0 Å². The zero-order valence-corrected chi connectivity index (χ0v) is 18.2. The number of aliphatic hydroxyl groups excluding tert-OH is 1. The van der Waals surface area contributed by atoms with Gasteiger partial charge < -0.3 is 10.0 Å². The monoisotopic (exact) mass is 400 g/mol. The van der Waals surface area contributed by atoms with Gasteiger partial charge in [-0.25, -0.2) is 0 Å². The highest BCUT2D eigenvalue weighted by molar-refractivity contribution is 6.35. The summed E-state index contributed by atoms with van der Waals surface area (Å²) in [4.78, 5) is 29.2. The molecule has 1 aliphatic rings. The van der Waals surface area contributed by atoms with Crippen molar-refractivity contribution in [2.24, 2.45) is 0 Å². The number of imide groups is 1. The maximum absolute atomic E-state index is 13.1. The number of hydrogen-bond donors (Lipinski definition) is 1. The molecule has 0 aromatic heterocycles. The van der Waals surface area contributed by atoms with Gasteiger partial charge in [-0.1, -0.05) is 81.7 Å². The Morgan fingerprint density at radius 3 is 2.07 bits per heavy atom. The van der Waals surface area contributed by atoms with Crippen LogP contribution in [0.5, 0.6) is 0 Å². The number of carbonyl (C=O) groups is 2. The fourth-order valence-corrected chi connectivity index (χ4v) is 3.77. The van der Waals surface area contributed by atoms with Crippen molar-refractivity contribution in [3.63, 3.8) is 0 Å². The van der Waals surface area contributed by atoms with Crippen LogP contribution in [-0.2, 0) is 9.59 Å². The molecule has 1 heterocycles. The number of unbranched alkanes of at least 4 members (excludes halogenated alkanes) is 7. The number of carbonyl (C=O) groups excluding carboxylic acids is 2. The number of rotatable bonds is 13. The number of nitrogens with zero attached hydrogens (tertiary/aromatic N) is 2. The molecule has 29 heavy (non-hydrogen) atoms. The summed E-state index contributed by atoms with van der Waals surface area (Å²) in [5, 5.41) is 9.31. The molecule has 5 nitrogen and oxygen atoms in total. The second-order valence-electron chi connectivity index (χ2n) is 7.97. The van der Waals surface area contributed by atoms with Crippen molar-refractivity contribution in [3.8, 4) is 0 Å². The molecule has 2 amide bonds. The van der Waals surface area contributed by atoms with Crippen molar-refractivity contribution < 1.29 is 14.7 Å². The second kappa shape index (κ2) is 11.8. The van der Waals surface area contributed by atoms with Gasteiger partial charge in [-0.3, -0.25) is 14.5 Å².